The number of benzene rings is 1. The number of ether oxygens (including phenoxy) is 3. The molecule has 0 atom stereocenters. The van der Waals surface area contributed by atoms with E-state index in [1.54, 1.807) is 14.0 Å². The number of amides is 1. The lowest BCUT2D eigenvalue weighted by Gasteiger charge is -2.16. The number of hydrogen-bond acceptors (Lipinski definition) is 5. The third-order valence-electron chi connectivity index (χ3n) is 3.43. The van der Waals surface area contributed by atoms with E-state index in [-0.39, 0.29) is 6.10 Å². The van der Waals surface area contributed by atoms with E-state index >= 15 is 0 Å². The van der Waals surface area contributed by atoms with Crippen LogP contribution in [-0.4, -0.2) is 32.1 Å². The van der Waals surface area contributed by atoms with Gasteiger partial charge in [0.15, 0.2) is 11.5 Å². The Morgan fingerprint density at radius 2 is 2.14 bits per heavy atom. The van der Waals surface area contributed by atoms with Crippen LogP contribution in [0, 0.1) is 0 Å². The van der Waals surface area contributed by atoms with Crippen molar-refractivity contribution in [2.45, 2.75) is 38.7 Å². The maximum atomic E-state index is 11.1. The molecule has 1 aliphatic rings. The van der Waals surface area contributed by atoms with Gasteiger partial charge in [0.05, 0.1) is 26.0 Å². The lowest BCUT2D eigenvalue weighted by Crippen LogP contribution is -2.18. The first-order valence-electron chi connectivity index (χ1n) is 7.53. The van der Waals surface area contributed by atoms with Gasteiger partial charge >= 0.3 is 6.09 Å². The summed E-state index contributed by atoms with van der Waals surface area (Å²) in [5, 5.41) is 3.84. The van der Waals surface area contributed by atoms with E-state index in [0.29, 0.717) is 18.1 Å². The summed E-state index contributed by atoms with van der Waals surface area (Å²) >= 11 is 0. The summed E-state index contributed by atoms with van der Waals surface area (Å²) in [7, 11) is 1.62. The molecule has 0 saturated heterocycles. The van der Waals surface area contributed by atoms with E-state index in [1.807, 2.05) is 18.2 Å². The predicted octanol–water partition coefficient (Wildman–Crippen LogP) is 3.10. The summed E-state index contributed by atoms with van der Waals surface area (Å²) < 4.78 is 16.1. The molecule has 1 fully saturated rings. The number of hydrogen-bond donors (Lipinski definition) is 1. The minimum absolute atomic E-state index is 0.249. The van der Waals surface area contributed by atoms with Crippen molar-refractivity contribution in [2.24, 2.45) is 5.10 Å². The zero-order valence-corrected chi connectivity index (χ0v) is 13.0. The number of methoxy groups -OCH3 is 1. The van der Waals surface area contributed by atoms with Crippen LogP contribution < -0.4 is 14.9 Å². The van der Waals surface area contributed by atoms with Crippen LogP contribution in [0.4, 0.5) is 4.79 Å². The van der Waals surface area contributed by atoms with Gasteiger partial charge in [0, 0.05) is 0 Å². The van der Waals surface area contributed by atoms with E-state index in [0.717, 1.165) is 18.4 Å². The maximum absolute atomic E-state index is 11.1. The molecule has 0 aromatic heterocycles. The summed E-state index contributed by atoms with van der Waals surface area (Å²) in [5.74, 6) is 1.40. The monoisotopic (exact) mass is 306 g/mol. The Labute approximate surface area is 130 Å². The van der Waals surface area contributed by atoms with E-state index in [9.17, 15) is 4.79 Å². The first-order valence-corrected chi connectivity index (χ1v) is 7.53. The van der Waals surface area contributed by atoms with Crippen LogP contribution >= 0.6 is 0 Å². The van der Waals surface area contributed by atoms with Gasteiger partial charge in [-0.05, 0) is 56.4 Å². The summed E-state index contributed by atoms with van der Waals surface area (Å²) in [4.78, 5) is 11.1. The second-order valence-corrected chi connectivity index (χ2v) is 5.03. The number of hydrazone groups is 1. The molecule has 1 amide bonds. The Morgan fingerprint density at radius 1 is 1.36 bits per heavy atom. The second kappa shape index (κ2) is 8.26. The summed E-state index contributed by atoms with van der Waals surface area (Å²) in [6.45, 7) is 2.04. The predicted molar refractivity (Wildman–Crippen MR) is 83.6 cm³/mol. The second-order valence-electron chi connectivity index (χ2n) is 5.03. The Bertz CT molecular complexity index is 525. The van der Waals surface area contributed by atoms with Gasteiger partial charge in [-0.15, -0.1) is 0 Å². The first-order chi connectivity index (χ1) is 10.7. The molecule has 120 valence electrons. The number of rotatable bonds is 6. The smallest absolute Gasteiger partial charge is 0.427 e. The maximum Gasteiger partial charge on any atom is 0.427 e. The van der Waals surface area contributed by atoms with Crippen molar-refractivity contribution in [3.8, 4) is 11.5 Å². The topological polar surface area (TPSA) is 69.2 Å². The highest BCUT2D eigenvalue weighted by Gasteiger charge is 2.18. The fourth-order valence-electron chi connectivity index (χ4n) is 2.37. The lowest BCUT2D eigenvalue weighted by atomic mass is 10.2. The number of nitrogens with zero attached hydrogens (tertiary/aromatic N) is 1. The molecule has 6 heteroatoms. The zero-order chi connectivity index (χ0) is 15.8. The van der Waals surface area contributed by atoms with Crippen LogP contribution in [0.2, 0.25) is 0 Å². The fraction of sp³-hybridized carbons (Fsp3) is 0.500. The Morgan fingerprint density at radius 3 is 2.82 bits per heavy atom. The van der Waals surface area contributed by atoms with E-state index in [4.69, 9.17) is 14.2 Å². The molecule has 1 N–H and O–H groups in total. The molecule has 0 unspecified atom stereocenters. The standard InChI is InChI=1S/C16H22N2O4/c1-3-21-16(19)18-17-11-12-8-9-14(20-2)15(10-12)22-13-6-4-5-7-13/h8-11,13H,3-7H2,1-2H3,(H,18,19). The third kappa shape index (κ3) is 4.65. The minimum atomic E-state index is -0.574. The Balaban J connectivity index is 2.02. The molecular weight excluding hydrogens is 284 g/mol. The van der Waals surface area contributed by atoms with Gasteiger partial charge in [0.25, 0.3) is 0 Å². The van der Waals surface area contributed by atoms with Crippen molar-refractivity contribution in [1.82, 2.24) is 5.43 Å². The highest BCUT2D eigenvalue weighted by atomic mass is 16.5. The zero-order valence-electron chi connectivity index (χ0n) is 13.0. The first kappa shape index (κ1) is 16.1. The largest absolute Gasteiger partial charge is 0.493 e. The summed E-state index contributed by atoms with van der Waals surface area (Å²) in [6.07, 6.45) is 5.78. The third-order valence-corrected chi connectivity index (χ3v) is 3.43. The van der Waals surface area contributed by atoms with Crippen molar-refractivity contribution in [3.63, 3.8) is 0 Å². The fourth-order valence-corrected chi connectivity index (χ4v) is 2.37. The van der Waals surface area contributed by atoms with E-state index in [2.05, 4.69) is 10.5 Å². The van der Waals surface area contributed by atoms with Crippen LogP contribution in [0.25, 0.3) is 0 Å². The molecule has 1 aromatic carbocycles. The molecule has 0 spiro atoms. The molecule has 22 heavy (non-hydrogen) atoms. The molecule has 0 bridgehead atoms. The molecule has 0 radical (unpaired) electrons. The van der Waals surface area contributed by atoms with Gasteiger partial charge in [0.2, 0.25) is 0 Å². The normalized spacial score (nSPS) is 15.0. The highest BCUT2D eigenvalue weighted by molar-refractivity contribution is 5.82. The molecule has 1 aliphatic carbocycles. The van der Waals surface area contributed by atoms with Crippen molar-refractivity contribution in [3.05, 3.63) is 23.8 Å². The van der Waals surface area contributed by atoms with Crippen molar-refractivity contribution < 1.29 is 19.0 Å². The average Bonchev–Trinajstić information content (AvgIpc) is 3.01. The molecule has 0 heterocycles. The Hall–Kier alpha value is -2.24. The van der Waals surface area contributed by atoms with Crippen LogP contribution in [0.15, 0.2) is 23.3 Å². The van der Waals surface area contributed by atoms with E-state index < -0.39 is 6.09 Å². The van der Waals surface area contributed by atoms with Crippen LogP contribution in [-0.2, 0) is 4.74 Å². The SMILES string of the molecule is CCOC(=O)NN=Cc1ccc(OC)c(OC2CCCC2)c1. The van der Waals surface area contributed by atoms with Crippen LogP contribution in [0.5, 0.6) is 11.5 Å². The van der Waals surface area contributed by atoms with Crippen molar-refractivity contribution in [1.29, 1.82) is 0 Å². The quantitative estimate of drug-likeness (QED) is 0.647. The van der Waals surface area contributed by atoms with Crippen LogP contribution in [0.3, 0.4) is 0 Å². The average molecular weight is 306 g/mol. The molecule has 2 rings (SSSR count). The Kier molecular flexibility index (Phi) is 6.06. The van der Waals surface area contributed by atoms with Gasteiger partial charge < -0.3 is 14.2 Å². The van der Waals surface area contributed by atoms with Gasteiger partial charge in [0.1, 0.15) is 0 Å². The van der Waals surface area contributed by atoms with Crippen molar-refractivity contribution in [2.75, 3.05) is 13.7 Å². The van der Waals surface area contributed by atoms with Gasteiger partial charge in [-0.1, -0.05) is 0 Å². The summed E-state index contributed by atoms with van der Waals surface area (Å²) in [6, 6.07) is 5.53. The molecule has 6 nitrogen and oxygen atoms in total. The number of carbonyl (C=O) groups is 1. The summed E-state index contributed by atoms with van der Waals surface area (Å²) in [5.41, 5.74) is 3.10. The molecule has 1 aromatic rings. The van der Waals surface area contributed by atoms with Crippen molar-refractivity contribution >= 4 is 12.3 Å². The highest BCUT2D eigenvalue weighted by Crippen LogP contribution is 2.32. The number of nitrogens with one attached hydrogen (secondary N) is 1. The molecular formula is C16H22N2O4. The molecule has 0 aliphatic heterocycles. The molecule has 1 saturated carbocycles. The van der Waals surface area contributed by atoms with Gasteiger partial charge in [-0.2, -0.15) is 5.10 Å². The van der Waals surface area contributed by atoms with Crippen LogP contribution in [0.1, 0.15) is 38.2 Å². The van der Waals surface area contributed by atoms with Gasteiger partial charge in [-0.3, -0.25) is 0 Å². The van der Waals surface area contributed by atoms with E-state index in [1.165, 1.54) is 19.1 Å². The number of carbonyl (C=O) groups excluding carboxylic acids is 1. The minimum Gasteiger partial charge on any atom is -0.493 e. The van der Waals surface area contributed by atoms with Gasteiger partial charge in [-0.25, -0.2) is 10.2 Å². The lowest BCUT2D eigenvalue weighted by molar-refractivity contribution is 0.152.